The normalized spacial score (nSPS) is 19.6. The minimum Gasteiger partial charge on any atom is -0.367 e. The second kappa shape index (κ2) is 9.05. The highest BCUT2D eigenvalue weighted by molar-refractivity contribution is 6.34. The quantitative estimate of drug-likeness (QED) is 0.672. The number of anilines is 2. The third-order valence-corrected chi connectivity index (χ3v) is 6.22. The van der Waals surface area contributed by atoms with Gasteiger partial charge in [-0.3, -0.25) is 19.7 Å². The first kappa shape index (κ1) is 23.1. The van der Waals surface area contributed by atoms with Crippen molar-refractivity contribution in [3.63, 3.8) is 0 Å². The molecule has 1 aromatic carbocycles. The number of amides is 2. The molecule has 0 aliphatic carbocycles. The number of alkyl halides is 3. The van der Waals surface area contributed by atoms with Crippen molar-refractivity contribution in [1.82, 2.24) is 15.1 Å². The zero-order valence-corrected chi connectivity index (χ0v) is 18.2. The van der Waals surface area contributed by atoms with Gasteiger partial charge >= 0.3 is 6.18 Å². The highest BCUT2D eigenvalue weighted by Crippen LogP contribution is 2.37. The summed E-state index contributed by atoms with van der Waals surface area (Å²) in [5.41, 5.74) is 0.743. The molecule has 2 saturated heterocycles. The molecule has 2 aliphatic heterocycles. The van der Waals surface area contributed by atoms with Crippen LogP contribution in [0.15, 0.2) is 35.3 Å². The van der Waals surface area contributed by atoms with E-state index in [0.29, 0.717) is 47.9 Å². The minimum atomic E-state index is -4.54. The number of benzene rings is 1. The number of imide groups is 1. The lowest BCUT2D eigenvalue weighted by Gasteiger charge is -2.37. The van der Waals surface area contributed by atoms with Crippen molar-refractivity contribution in [1.29, 1.82) is 0 Å². The summed E-state index contributed by atoms with van der Waals surface area (Å²) < 4.78 is 38.5. The number of aromatic nitrogens is 2. The Bertz CT molecular complexity index is 1130. The lowest BCUT2D eigenvalue weighted by atomic mass is 9.90. The predicted octanol–water partition coefficient (Wildman–Crippen LogP) is 2.31. The molecule has 2 aromatic rings. The monoisotopic (exact) mass is 483 g/mol. The molecular weight excluding hydrogens is 463 g/mol. The van der Waals surface area contributed by atoms with E-state index in [2.05, 4.69) is 10.4 Å². The average Bonchev–Trinajstić information content (AvgIpc) is 2.75. The summed E-state index contributed by atoms with van der Waals surface area (Å²) in [5.74, 6) is -1.19. The van der Waals surface area contributed by atoms with Gasteiger partial charge in [-0.05, 0) is 24.1 Å². The van der Waals surface area contributed by atoms with Crippen LogP contribution in [0.5, 0.6) is 0 Å². The van der Waals surface area contributed by atoms with Crippen LogP contribution in [0, 0.1) is 0 Å². The van der Waals surface area contributed by atoms with Crippen molar-refractivity contribution in [3.8, 4) is 0 Å². The predicted molar refractivity (Wildman–Crippen MR) is 116 cm³/mol. The first-order chi connectivity index (χ1) is 15.6. The number of carbonyl (C=O) groups is 2. The molecule has 2 aliphatic rings. The van der Waals surface area contributed by atoms with E-state index in [-0.39, 0.29) is 23.9 Å². The standard InChI is InChI=1S/C21H21ClF3N5O3/c22-18-13(14-4-5-17(31)27-19(14)32)2-1-3-15(18)28-8-10-29(11-9-28)16-6-7-26-30(20(16)33)12-21(23,24)25/h1-3,6-7,14H,4-5,8-12H2,(H,27,31,32). The Hall–Kier alpha value is -3.08. The molecule has 1 N–H and O–H groups in total. The molecule has 8 nitrogen and oxygen atoms in total. The Morgan fingerprint density at radius 2 is 1.70 bits per heavy atom. The maximum Gasteiger partial charge on any atom is 0.408 e. The van der Waals surface area contributed by atoms with Crippen molar-refractivity contribution in [3.05, 3.63) is 51.4 Å². The van der Waals surface area contributed by atoms with Crippen molar-refractivity contribution < 1.29 is 22.8 Å². The van der Waals surface area contributed by atoms with E-state index in [0.717, 1.165) is 5.69 Å². The number of carbonyl (C=O) groups excluding carboxylic acids is 2. The molecule has 1 aromatic heterocycles. The summed E-state index contributed by atoms with van der Waals surface area (Å²) in [6, 6.07) is 6.81. The Kier molecular flexibility index (Phi) is 6.33. The molecule has 0 bridgehead atoms. The zero-order valence-electron chi connectivity index (χ0n) is 17.4. The molecule has 12 heteroatoms. The van der Waals surface area contributed by atoms with E-state index in [9.17, 15) is 27.6 Å². The number of hydrogen-bond acceptors (Lipinski definition) is 6. The lowest BCUT2D eigenvalue weighted by molar-refractivity contribution is -0.143. The molecule has 0 spiro atoms. The second-order valence-electron chi connectivity index (χ2n) is 7.95. The van der Waals surface area contributed by atoms with Gasteiger partial charge in [-0.15, -0.1) is 0 Å². The van der Waals surface area contributed by atoms with Crippen LogP contribution < -0.4 is 20.7 Å². The summed E-state index contributed by atoms with van der Waals surface area (Å²) in [7, 11) is 0. The van der Waals surface area contributed by atoms with Crippen molar-refractivity contribution in [2.24, 2.45) is 0 Å². The van der Waals surface area contributed by atoms with Gasteiger partial charge in [0, 0.05) is 38.8 Å². The van der Waals surface area contributed by atoms with Gasteiger partial charge in [-0.2, -0.15) is 18.3 Å². The fraction of sp³-hybridized carbons (Fsp3) is 0.429. The van der Waals surface area contributed by atoms with Gasteiger partial charge in [0.15, 0.2) is 0 Å². The summed E-state index contributed by atoms with van der Waals surface area (Å²) in [5, 5.41) is 6.30. The summed E-state index contributed by atoms with van der Waals surface area (Å²) in [4.78, 5) is 39.9. The molecule has 33 heavy (non-hydrogen) atoms. The van der Waals surface area contributed by atoms with Gasteiger partial charge in [0.1, 0.15) is 12.2 Å². The van der Waals surface area contributed by atoms with Crippen LogP contribution in [0.1, 0.15) is 24.3 Å². The molecule has 0 radical (unpaired) electrons. The van der Waals surface area contributed by atoms with Gasteiger partial charge in [0.2, 0.25) is 11.8 Å². The van der Waals surface area contributed by atoms with Crippen molar-refractivity contribution in [2.45, 2.75) is 31.5 Å². The zero-order chi connectivity index (χ0) is 23.8. The molecule has 1 unspecified atom stereocenters. The van der Waals surface area contributed by atoms with Gasteiger partial charge in [0.25, 0.3) is 5.56 Å². The Labute approximate surface area is 191 Å². The number of piperidine rings is 1. The molecule has 3 heterocycles. The van der Waals surface area contributed by atoms with Crippen LogP contribution in [0.2, 0.25) is 5.02 Å². The largest absolute Gasteiger partial charge is 0.408 e. The number of rotatable bonds is 4. The topological polar surface area (TPSA) is 87.5 Å². The van der Waals surface area contributed by atoms with E-state index < -0.39 is 24.2 Å². The SMILES string of the molecule is O=C1CCC(c2cccc(N3CCN(c4ccnn(CC(F)(F)F)c4=O)CC3)c2Cl)C(=O)N1. The maximum atomic E-state index is 12.7. The van der Waals surface area contributed by atoms with E-state index >= 15 is 0 Å². The second-order valence-corrected chi connectivity index (χ2v) is 8.33. The fourth-order valence-electron chi connectivity index (χ4n) is 4.19. The maximum absolute atomic E-state index is 12.7. The van der Waals surface area contributed by atoms with Gasteiger partial charge in [-0.1, -0.05) is 23.7 Å². The van der Waals surface area contributed by atoms with Crippen LogP contribution in [0.25, 0.3) is 0 Å². The Balaban J connectivity index is 1.49. The molecule has 176 valence electrons. The van der Waals surface area contributed by atoms with Crippen LogP contribution in [0.3, 0.4) is 0 Å². The van der Waals surface area contributed by atoms with Gasteiger partial charge in [0.05, 0.1) is 16.6 Å². The first-order valence-corrected chi connectivity index (χ1v) is 10.8. The summed E-state index contributed by atoms with van der Waals surface area (Å²) >= 11 is 6.65. The minimum absolute atomic E-state index is 0.164. The number of piperazine rings is 1. The molecule has 2 fully saturated rings. The average molecular weight is 484 g/mol. The van der Waals surface area contributed by atoms with Crippen molar-refractivity contribution >= 4 is 34.8 Å². The Morgan fingerprint density at radius 1 is 1.03 bits per heavy atom. The fourth-order valence-corrected chi connectivity index (χ4v) is 4.57. The number of nitrogens with one attached hydrogen (secondary N) is 1. The molecule has 0 saturated carbocycles. The highest BCUT2D eigenvalue weighted by atomic mass is 35.5. The third kappa shape index (κ3) is 4.97. The number of hydrogen-bond donors (Lipinski definition) is 1. The van der Waals surface area contributed by atoms with Gasteiger partial charge < -0.3 is 9.80 Å². The molecular formula is C21H21ClF3N5O3. The highest BCUT2D eigenvalue weighted by Gasteiger charge is 2.32. The van der Waals surface area contributed by atoms with Crippen LogP contribution in [0.4, 0.5) is 24.5 Å². The van der Waals surface area contributed by atoms with E-state index in [1.165, 1.54) is 12.3 Å². The smallest absolute Gasteiger partial charge is 0.367 e. The van der Waals surface area contributed by atoms with Crippen LogP contribution in [-0.4, -0.2) is 54.0 Å². The first-order valence-electron chi connectivity index (χ1n) is 10.4. The molecule has 2 amide bonds. The lowest BCUT2D eigenvalue weighted by Crippen LogP contribution is -2.49. The summed E-state index contributed by atoms with van der Waals surface area (Å²) in [6.07, 6.45) is -2.73. The Morgan fingerprint density at radius 3 is 2.33 bits per heavy atom. The van der Waals surface area contributed by atoms with E-state index in [1.54, 1.807) is 17.0 Å². The molecule has 1 atom stereocenters. The van der Waals surface area contributed by atoms with E-state index in [1.807, 2.05) is 11.0 Å². The number of halogens is 4. The molecule has 4 rings (SSSR count). The van der Waals surface area contributed by atoms with E-state index in [4.69, 9.17) is 11.6 Å². The summed E-state index contributed by atoms with van der Waals surface area (Å²) in [6.45, 7) is 0.288. The third-order valence-electron chi connectivity index (χ3n) is 5.80. The van der Waals surface area contributed by atoms with Crippen LogP contribution >= 0.6 is 11.6 Å². The van der Waals surface area contributed by atoms with Crippen LogP contribution in [-0.2, 0) is 16.1 Å². The van der Waals surface area contributed by atoms with Gasteiger partial charge in [-0.25, -0.2) is 4.68 Å². The number of nitrogens with zero attached hydrogens (tertiary/aromatic N) is 4. The van der Waals surface area contributed by atoms with Crippen molar-refractivity contribution in [2.75, 3.05) is 36.0 Å².